The van der Waals surface area contributed by atoms with Gasteiger partial charge in [0.25, 0.3) is 5.56 Å². The fourth-order valence-corrected chi connectivity index (χ4v) is 3.28. The van der Waals surface area contributed by atoms with Crippen molar-refractivity contribution in [3.8, 4) is 0 Å². The first-order chi connectivity index (χ1) is 12.9. The van der Waals surface area contributed by atoms with Gasteiger partial charge < -0.3 is 9.72 Å². The Morgan fingerprint density at radius 1 is 1.22 bits per heavy atom. The van der Waals surface area contributed by atoms with Crippen LogP contribution >= 0.6 is 11.8 Å². The minimum atomic E-state index is -0.928. The number of carbonyl (C=O) groups excluding carboxylic acids is 1. The van der Waals surface area contributed by atoms with Crippen LogP contribution in [0, 0.1) is 11.6 Å². The molecule has 3 aromatic rings. The number of thioether (sulfide) groups is 1. The first-order valence-corrected chi connectivity index (χ1v) is 9.19. The summed E-state index contributed by atoms with van der Waals surface area (Å²) in [7, 11) is 0. The Morgan fingerprint density at radius 3 is 2.78 bits per heavy atom. The summed E-state index contributed by atoms with van der Waals surface area (Å²) >= 11 is 1.22. The third kappa shape index (κ3) is 4.71. The van der Waals surface area contributed by atoms with Gasteiger partial charge in [-0.3, -0.25) is 9.59 Å². The summed E-state index contributed by atoms with van der Waals surface area (Å²) in [5.74, 6) is -1.71. The van der Waals surface area contributed by atoms with Crippen molar-refractivity contribution >= 4 is 28.6 Å². The molecule has 0 bridgehead atoms. The van der Waals surface area contributed by atoms with Crippen LogP contribution in [0.3, 0.4) is 0 Å². The van der Waals surface area contributed by atoms with E-state index in [2.05, 4.69) is 9.97 Å². The Labute approximate surface area is 157 Å². The Bertz CT molecular complexity index is 1040. The van der Waals surface area contributed by atoms with Gasteiger partial charge in [-0.05, 0) is 37.3 Å². The number of esters is 1. The number of halogens is 2. The zero-order chi connectivity index (χ0) is 19.4. The second-order valence-electron chi connectivity index (χ2n) is 5.77. The molecular formula is C19H16F2N2O3S. The molecule has 0 saturated heterocycles. The lowest BCUT2D eigenvalue weighted by Gasteiger charge is -2.13. The number of nitrogens with one attached hydrogen (secondary N) is 1. The van der Waals surface area contributed by atoms with Crippen molar-refractivity contribution in [3.05, 3.63) is 70.3 Å². The summed E-state index contributed by atoms with van der Waals surface area (Å²) in [5, 5.41) is 0.461. The summed E-state index contributed by atoms with van der Waals surface area (Å²) in [5.41, 5.74) is 0.223. The Balaban J connectivity index is 1.57. The van der Waals surface area contributed by atoms with Crippen molar-refractivity contribution in [2.75, 3.05) is 5.75 Å². The molecule has 1 unspecified atom stereocenters. The average molecular weight is 390 g/mol. The molecule has 8 heteroatoms. The normalized spacial score (nSPS) is 12.1. The van der Waals surface area contributed by atoms with E-state index in [9.17, 15) is 18.4 Å². The van der Waals surface area contributed by atoms with Crippen molar-refractivity contribution in [1.82, 2.24) is 9.97 Å². The van der Waals surface area contributed by atoms with Crippen LogP contribution in [0.25, 0.3) is 10.9 Å². The summed E-state index contributed by atoms with van der Waals surface area (Å²) in [6.07, 6.45) is -0.644. The highest BCUT2D eigenvalue weighted by Crippen LogP contribution is 2.22. The molecule has 3 rings (SSSR count). The minimum absolute atomic E-state index is 0.0752. The molecule has 1 heterocycles. The maximum absolute atomic E-state index is 13.2. The Morgan fingerprint density at radius 2 is 2.00 bits per heavy atom. The molecule has 0 aliphatic rings. The molecule has 2 aromatic carbocycles. The highest BCUT2D eigenvalue weighted by molar-refractivity contribution is 7.99. The molecule has 0 fully saturated rings. The van der Waals surface area contributed by atoms with Crippen molar-refractivity contribution in [2.45, 2.75) is 24.3 Å². The van der Waals surface area contributed by atoms with Crippen LogP contribution in [-0.2, 0) is 9.53 Å². The molecule has 0 saturated carbocycles. The van der Waals surface area contributed by atoms with Gasteiger partial charge in [0.1, 0.15) is 0 Å². The molecule has 0 spiro atoms. The van der Waals surface area contributed by atoms with Crippen molar-refractivity contribution < 1.29 is 18.3 Å². The molecule has 0 amide bonds. The first kappa shape index (κ1) is 19.0. The van der Waals surface area contributed by atoms with Gasteiger partial charge in [0, 0.05) is 10.6 Å². The van der Waals surface area contributed by atoms with Crippen LogP contribution < -0.4 is 5.56 Å². The molecule has 0 aliphatic heterocycles. The maximum atomic E-state index is 13.2. The summed E-state index contributed by atoms with van der Waals surface area (Å²) in [4.78, 5) is 31.5. The van der Waals surface area contributed by atoms with Gasteiger partial charge in [-0.1, -0.05) is 12.1 Å². The van der Waals surface area contributed by atoms with Crippen LogP contribution in [0.5, 0.6) is 0 Å². The van der Waals surface area contributed by atoms with Crippen LogP contribution in [0.15, 0.2) is 52.2 Å². The SMILES string of the molecule is CC(OC(=O)CCSc1ccc(F)c(F)c1)c1nc2ccccc2c(=O)[nH]1. The quantitative estimate of drug-likeness (QED) is 0.509. The largest absolute Gasteiger partial charge is 0.454 e. The van der Waals surface area contributed by atoms with Gasteiger partial charge in [0.2, 0.25) is 0 Å². The number of ether oxygens (including phenoxy) is 1. The summed E-state index contributed by atoms with van der Waals surface area (Å²) in [6, 6.07) is 10.5. The van der Waals surface area contributed by atoms with Gasteiger partial charge in [-0.15, -0.1) is 11.8 Å². The average Bonchev–Trinajstić information content (AvgIpc) is 2.64. The molecule has 1 aromatic heterocycles. The number of benzene rings is 2. The molecular weight excluding hydrogens is 374 g/mol. The minimum Gasteiger partial charge on any atom is -0.454 e. The van der Waals surface area contributed by atoms with E-state index in [-0.39, 0.29) is 17.8 Å². The van der Waals surface area contributed by atoms with Crippen molar-refractivity contribution in [1.29, 1.82) is 0 Å². The number of aromatic nitrogens is 2. The van der Waals surface area contributed by atoms with E-state index in [0.717, 1.165) is 12.1 Å². The standard InChI is InChI=1S/C19H16F2N2O3S/c1-11(18-22-16-5-3-2-4-13(16)19(25)23-18)26-17(24)8-9-27-12-6-7-14(20)15(21)10-12/h2-7,10-11H,8-9H2,1H3,(H,22,23,25). The van der Waals surface area contributed by atoms with E-state index in [1.54, 1.807) is 31.2 Å². The second-order valence-corrected chi connectivity index (χ2v) is 6.94. The molecule has 140 valence electrons. The number of para-hydroxylation sites is 1. The van der Waals surface area contributed by atoms with Crippen molar-refractivity contribution in [3.63, 3.8) is 0 Å². The van der Waals surface area contributed by atoms with E-state index >= 15 is 0 Å². The number of aromatic amines is 1. The second kappa shape index (κ2) is 8.30. The predicted molar refractivity (Wildman–Crippen MR) is 98.6 cm³/mol. The van der Waals surface area contributed by atoms with Gasteiger partial charge in [-0.25, -0.2) is 13.8 Å². The van der Waals surface area contributed by atoms with Gasteiger partial charge >= 0.3 is 5.97 Å². The highest BCUT2D eigenvalue weighted by Gasteiger charge is 2.15. The van der Waals surface area contributed by atoms with Crippen molar-refractivity contribution in [2.24, 2.45) is 0 Å². The number of H-pyrrole nitrogens is 1. The van der Waals surface area contributed by atoms with Crippen LogP contribution in [0.4, 0.5) is 8.78 Å². The van der Waals surface area contributed by atoms with Crippen LogP contribution in [-0.4, -0.2) is 21.7 Å². The lowest BCUT2D eigenvalue weighted by Crippen LogP contribution is -2.17. The predicted octanol–water partition coefficient (Wildman–Crippen LogP) is 3.99. The Kier molecular flexibility index (Phi) is 5.85. The first-order valence-electron chi connectivity index (χ1n) is 8.20. The number of nitrogens with zero attached hydrogens (tertiary/aromatic N) is 1. The molecule has 0 aliphatic carbocycles. The number of hydrogen-bond acceptors (Lipinski definition) is 5. The third-order valence-electron chi connectivity index (χ3n) is 3.79. The third-order valence-corrected chi connectivity index (χ3v) is 4.79. The van der Waals surface area contributed by atoms with Gasteiger partial charge in [0.15, 0.2) is 23.6 Å². The number of carbonyl (C=O) groups is 1. The topological polar surface area (TPSA) is 72.0 Å². The number of rotatable bonds is 6. The van der Waals surface area contributed by atoms with Crippen LogP contribution in [0.1, 0.15) is 25.3 Å². The molecule has 1 N–H and O–H groups in total. The van der Waals surface area contributed by atoms with Crippen LogP contribution in [0.2, 0.25) is 0 Å². The fraction of sp³-hybridized carbons (Fsp3) is 0.211. The monoisotopic (exact) mass is 390 g/mol. The van der Waals surface area contributed by atoms with Gasteiger partial charge in [0.05, 0.1) is 17.3 Å². The van der Waals surface area contributed by atoms with E-state index < -0.39 is 23.7 Å². The molecule has 0 radical (unpaired) electrons. The highest BCUT2D eigenvalue weighted by atomic mass is 32.2. The zero-order valence-electron chi connectivity index (χ0n) is 14.4. The smallest absolute Gasteiger partial charge is 0.307 e. The van der Waals surface area contributed by atoms with E-state index in [4.69, 9.17) is 4.74 Å². The van der Waals surface area contributed by atoms with Gasteiger partial charge in [-0.2, -0.15) is 0 Å². The number of fused-ring (bicyclic) bond motifs is 1. The molecule has 5 nitrogen and oxygen atoms in total. The maximum Gasteiger partial charge on any atom is 0.307 e. The van der Waals surface area contributed by atoms with E-state index in [0.29, 0.717) is 21.6 Å². The van der Waals surface area contributed by atoms with E-state index in [1.807, 2.05) is 0 Å². The molecule has 27 heavy (non-hydrogen) atoms. The number of hydrogen-bond donors (Lipinski definition) is 1. The summed E-state index contributed by atoms with van der Waals surface area (Å²) in [6.45, 7) is 1.62. The lowest BCUT2D eigenvalue weighted by molar-refractivity contribution is -0.148. The van der Waals surface area contributed by atoms with E-state index in [1.165, 1.54) is 17.8 Å². The Hall–Kier alpha value is -2.74. The fourth-order valence-electron chi connectivity index (χ4n) is 2.43. The lowest BCUT2D eigenvalue weighted by atomic mass is 10.2. The zero-order valence-corrected chi connectivity index (χ0v) is 15.2. The molecule has 1 atom stereocenters. The summed E-state index contributed by atoms with van der Waals surface area (Å²) < 4.78 is 31.3.